The molecule has 0 aliphatic heterocycles. The Hall–Kier alpha value is -0.270. The van der Waals surface area contributed by atoms with Gasteiger partial charge >= 0.3 is 77.0 Å². The maximum atomic E-state index is 10.5. The fourth-order valence-electron chi connectivity index (χ4n) is 1.47. The summed E-state index contributed by atoms with van der Waals surface area (Å²) in [5, 5.41) is 36.3. The number of hydrogen-bond donors (Lipinski definition) is 3. The van der Waals surface area contributed by atoms with Gasteiger partial charge < -0.3 is 29.9 Å². The van der Waals surface area contributed by atoms with Crippen LogP contribution in [0, 0.1) is 0 Å². The first-order valence-electron chi connectivity index (χ1n) is 5.50. The van der Waals surface area contributed by atoms with Gasteiger partial charge in [0.1, 0.15) is 0 Å². The first-order chi connectivity index (χ1) is 9.20. The van der Waals surface area contributed by atoms with Crippen molar-refractivity contribution in [3.05, 3.63) is 0 Å². The van der Waals surface area contributed by atoms with E-state index < -0.39 is 50.1 Å². The molecule has 0 fully saturated rings. The molecule has 0 spiro atoms. The molecule has 0 atom stereocenters. The van der Waals surface area contributed by atoms with Crippen LogP contribution in [0.1, 0.15) is 0 Å². The second kappa shape index (κ2) is 16.6. The molecule has 0 saturated heterocycles. The van der Waals surface area contributed by atoms with Gasteiger partial charge in [-0.1, -0.05) is 0 Å². The van der Waals surface area contributed by atoms with E-state index in [2.05, 4.69) is 0 Å². The van der Waals surface area contributed by atoms with Crippen molar-refractivity contribution in [1.82, 2.24) is 9.80 Å². The summed E-state index contributed by atoms with van der Waals surface area (Å²) in [5.74, 6) is -5.21. The summed E-state index contributed by atoms with van der Waals surface area (Å²) in [6, 6.07) is 0. The summed E-state index contributed by atoms with van der Waals surface area (Å²) in [6.07, 6.45) is 0. The van der Waals surface area contributed by atoms with Crippen LogP contribution in [0.4, 0.5) is 0 Å². The van der Waals surface area contributed by atoms with E-state index in [1.54, 1.807) is 0 Å². The number of carbonyl (C=O) groups excluding carboxylic acids is 1. The fraction of sp³-hybridized carbons (Fsp3) is 0.600. The van der Waals surface area contributed by atoms with E-state index in [1.165, 1.54) is 0 Å². The molecule has 0 aromatic carbocycles. The zero-order valence-electron chi connectivity index (χ0n) is 12.9. The van der Waals surface area contributed by atoms with E-state index >= 15 is 0 Å². The minimum Gasteiger partial charge on any atom is -1.00 e. The molecule has 3 N–H and O–H groups in total. The number of carboxylic acid groups (broad SMARTS) is 4. The van der Waals surface area contributed by atoms with Crippen LogP contribution >= 0.6 is 0 Å². The molecule has 10 nitrogen and oxygen atoms in total. The topological polar surface area (TPSA) is 159 Å². The largest absolute Gasteiger partial charge is 1.00 e. The number of hydrogen-bond acceptors (Lipinski definition) is 7. The maximum absolute atomic E-state index is 10.5. The SMILES string of the molecule is O=C([O-])CN(CCN(CC(=O)O)CC(=O)O)CC(=O)O.[F-].[Na+].[Na+]. The van der Waals surface area contributed by atoms with E-state index in [-0.39, 0.29) is 76.9 Å². The second-order valence-electron chi connectivity index (χ2n) is 3.97. The van der Waals surface area contributed by atoms with Crippen molar-refractivity contribution in [3.8, 4) is 0 Å². The number of aliphatic carboxylic acids is 4. The average molecular weight is 356 g/mol. The molecule has 13 heteroatoms. The van der Waals surface area contributed by atoms with E-state index in [4.69, 9.17) is 15.3 Å². The Kier molecular flexibility index (Phi) is 22.1. The predicted molar refractivity (Wildman–Crippen MR) is 60.8 cm³/mol. The third-order valence-electron chi connectivity index (χ3n) is 2.16. The minimum atomic E-state index is -1.48. The van der Waals surface area contributed by atoms with E-state index in [9.17, 15) is 24.3 Å². The molecule has 0 saturated carbocycles. The Bertz CT molecular complexity index is 331. The van der Waals surface area contributed by atoms with Crippen molar-refractivity contribution in [3.63, 3.8) is 0 Å². The third-order valence-corrected chi connectivity index (χ3v) is 2.16. The van der Waals surface area contributed by atoms with Gasteiger partial charge in [0.2, 0.25) is 0 Å². The molecule has 0 unspecified atom stereocenters. The van der Waals surface area contributed by atoms with Gasteiger partial charge in [-0.2, -0.15) is 0 Å². The van der Waals surface area contributed by atoms with E-state index in [1.807, 2.05) is 0 Å². The Balaban J connectivity index is -0.000000602. The number of nitrogens with zero attached hydrogens (tertiary/aromatic N) is 2. The molecule has 0 bridgehead atoms. The van der Waals surface area contributed by atoms with Crippen molar-refractivity contribution in [2.75, 3.05) is 39.3 Å². The molecule has 0 radical (unpaired) electrons. The van der Waals surface area contributed by atoms with Crippen molar-refractivity contribution < 1.29 is 103 Å². The van der Waals surface area contributed by atoms with Crippen LogP contribution in [0.5, 0.6) is 0 Å². The van der Waals surface area contributed by atoms with Crippen molar-refractivity contribution in [2.45, 2.75) is 0 Å². The van der Waals surface area contributed by atoms with E-state index in [0.717, 1.165) is 9.80 Å². The first kappa shape index (κ1) is 30.6. The van der Waals surface area contributed by atoms with Crippen LogP contribution < -0.4 is 68.9 Å². The molecule has 0 heterocycles. The monoisotopic (exact) mass is 356 g/mol. The van der Waals surface area contributed by atoms with Gasteiger partial charge in [-0.15, -0.1) is 0 Å². The van der Waals surface area contributed by atoms with Crippen LogP contribution in [0.25, 0.3) is 0 Å². The molecular formula is C10H15FN2Na2O8. The first-order valence-corrected chi connectivity index (χ1v) is 5.50. The summed E-state index contributed by atoms with van der Waals surface area (Å²) in [4.78, 5) is 44.1. The van der Waals surface area contributed by atoms with Crippen molar-refractivity contribution in [2.24, 2.45) is 0 Å². The van der Waals surface area contributed by atoms with Gasteiger partial charge in [0.05, 0.1) is 25.6 Å². The van der Waals surface area contributed by atoms with Crippen LogP contribution in [-0.2, 0) is 19.2 Å². The standard InChI is InChI=1S/C10H16N2O8.FH.2Na/c13-7(14)3-11(4-8(15)16)1-2-12(5-9(17)18)6-10(19)20;;;/h1-6H2,(H,13,14)(H,15,16)(H,17,18)(H,19,20);1H;;/q;;2*+1/p-2. The Labute approximate surface area is 175 Å². The summed E-state index contributed by atoms with van der Waals surface area (Å²) in [5.41, 5.74) is 0. The fourth-order valence-corrected chi connectivity index (χ4v) is 1.47. The van der Waals surface area contributed by atoms with Gasteiger partial charge in [0.15, 0.2) is 0 Å². The minimum absolute atomic E-state index is 0. The van der Waals surface area contributed by atoms with Gasteiger partial charge in [-0.25, -0.2) is 0 Å². The Morgan fingerprint density at radius 1 is 0.696 bits per heavy atom. The Morgan fingerprint density at radius 2 is 0.957 bits per heavy atom. The molecule has 0 aromatic rings. The molecule has 23 heavy (non-hydrogen) atoms. The second-order valence-corrected chi connectivity index (χ2v) is 3.97. The molecular weight excluding hydrogens is 341 g/mol. The van der Waals surface area contributed by atoms with Crippen LogP contribution in [0.15, 0.2) is 0 Å². The zero-order valence-corrected chi connectivity index (χ0v) is 16.9. The summed E-state index contributed by atoms with van der Waals surface area (Å²) in [7, 11) is 0. The van der Waals surface area contributed by atoms with Crippen LogP contribution in [0.2, 0.25) is 0 Å². The van der Waals surface area contributed by atoms with Crippen LogP contribution in [0.3, 0.4) is 0 Å². The molecule has 0 aliphatic rings. The molecule has 122 valence electrons. The van der Waals surface area contributed by atoms with Crippen LogP contribution in [-0.4, -0.2) is 88.3 Å². The molecule has 0 aromatic heterocycles. The number of rotatable bonds is 11. The summed E-state index contributed by atoms with van der Waals surface area (Å²) < 4.78 is 0. The molecule has 0 aliphatic carbocycles. The van der Waals surface area contributed by atoms with Crippen molar-refractivity contribution >= 4 is 23.9 Å². The van der Waals surface area contributed by atoms with Gasteiger partial charge in [0.25, 0.3) is 0 Å². The molecule has 0 amide bonds. The number of halogens is 1. The zero-order chi connectivity index (χ0) is 15.7. The van der Waals surface area contributed by atoms with Gasteiger partial charge in [0, 0.05) is 19.6 Å². The van der Waals surface area contributed by atoms with Crippen molar-refractivity contribution in [1.29, 1.82) is 0 Å². The quantitative estimate of drug-likeness (QED) is 0.303. The number of carboxylic acids is 4. The Morgan fingerprint density at radius 3 is 1.17 bits per heavy atom. The van der Waals surface area contributed by atoms with Gasteiger partial charge in [-0.3, -0.25) is 24.2 Å². The number of carbonyl (C=O) groups is 4. The predicted octanol–water partition coefficient (Wildman–Crippen LogP) is -12.4. The average Bonchev–Trinajstić information content (AvgIpc) is 2.22. The summed E-state index contributed by atoms with van der Waals surface area (Å²) >= 11 is 0. The smallest absolute Gasteiger partial charge is 1.00 e. The van der Waals surface area contributed by atoms with Gasteiger partial charge in [-0.05, 0) is 0 Å². The molecule has 0 rings (SSSR count). The summed E-state index contributed by atoms with van der Waals surface area (Å²) in [6.45, 7) is -2.50. The normalized spacial score (nSPS) is 9.30. The third kappa shape index (κ3) is 19.7. The van der Waals surface area contributed by atoms with E-state index in [0.29, 0.717) is 0 Å². The maximum Gasteiger partial charge on any atom is 1.00 e.